The van der Waals surface area contributed by atoms with E-state index in [9.17, 15) is 14.7 Å². The van der Waals surface area contributed by atoms with E-state index in [2.05, 4.69) is 5.32 Å². The Bertz CT molecular complexity index is 512. The molecule has 0 radical (unpaired) electrons. The number of hydrogen-bond acceptors (Lipinski definition) is 4. The van der Waals surface area contributed by atoms with Crippen molar-refractivity contribution in [1.29, 1.82) is 0 Å². The van der Waals surface area contributed by atoms with Crippen LogP contribution in [0.15, 0.2) is 18.2 Å². The van der Waals surface area contributed by atoms with Gasteiger partial charge in [-0.25, -0.2) is 0 Å². The van der Waals surface area contributed by atoms with E-state index in [1.54, 1.807) is 24.1 Å². The third-order valence-corrected chi connectivity index (χ3v) is 3.05. The largest absolute Gasteiger partial charge is 0.508 e. The summed E-state index contributed by atoms with van der Waals surface area (Å²) in [5.41, 5.74) is 1.20. The molecule has 0 aliphatic carbocycles. The number of amides is 1. The zero-order valence-corrected chi connectivity index (χ0v) is 13.1. The number of nitrogens with one attached hydrogen (secondary N) is 1. The molecule has 0 fully saturated rings. The number of benzene rings is 1. The Morgan fingerprint density at radius 1 is 1.33 bits per heavy atom. The molecular formula is C16H24N2O3. The van der Waals surface area contributed by atoms with Gasteiger partial charge in [-0.15, -0.1) is 0 Å². The van der Waals surface area contributed by atoms with E-state index in [1.165, 1.54) is 13.0 Å². The fourth-order valence-electron chi connectivity index (χ4n) is 1.90. The molecule has 2 N–H and O–H groups in total. The molecule has 5 nitrogen and oxygen atoms in total. The number of carbonyl (C=O) groups is 2. The highest BCUT2D eigenvalue weighted by Gasteiger charge is 2.11. The van der Waals surface area contributed by atoms with Crippen LogP contribution >= 0.6 is 0 Å². The fraction of sp³-hybridized carbons (Fsp3) is 0.500. The molecule has 0 spiro atoms. The lowest BCUT2D eigenvalue weighted by Gasteiger charge is -2.18. The van der Waals surface area contributed by atoms with E-state index in [1.807, 2.05) is 13.8 Å². The van der Waals surface area contributed by atoms with E-state index < -0.39 is 0 Å². The first kappa shape index (κ1) is 17.2. The van der Waals surface area contributed by atoms with E-state index in [0.29, 0.717) is 30.1 Å². The van der Waals surface area contributed by atoms with Crippen LogP contribution < -0.4 is 5.32 Å². The summed E-state index contributed by atoms with van der Waals surface area (Å²) >= 11 is 0. The van der Waals surface area contributed by atoms with Crippen molar-refractivity contribution in [3.05, 3.63) is 29.3 Å². The van der Waals surface area contributed by atoms with Crippen molar-refractivity contribution in [3.8, 4) is 5.75 Å². The second kappa shape index (κ2) is 7.78. The minimum Gasteiger partial charge on any atom is -0.508 e. The van der Waals surface area contributed by atoms with Crippen LogP contribution in [-0.4, -0.2) is 41.8 Å². The van der Waals surface area contributed by atoms with E-state index in [4.69, 9.17) is 0 Å². The topological polar surface area (TPSA) is 69.6 Å². The molecule has 5 heteroatoms. The maximum Gasteiger partial charge on any atom is 0.234 e. The summed E-state index contributed by atoms with van der Waals surface area (Å²) in [4.78, 5) is 24.9. The molecule has 0 unspecified atom stereocenters. The van der Waals surface area contributed by atoms with Crippen molar-refractivity contribution in [3.63, 3.8) is 0 Å². The molecule has 0 saturated carbocycles. The van der Waals surface area contributed by atoms with Gasteiger partial charge in [-0.3, -0.25) is 14.5 Å². The van der Waals surface area contributed by atoms with Gasteiger partial charge in [0.05, 0.1) is 6.54 Å². The molecule has 0 heterocycles. The van der Waals surface area contributed by atoms with Crippen LogP contribution in [0.3, 0.4) is 0 Å². The zero-order chi connectivity index (χ0) is 16.0. The van der Waals surface area contributed by atoms with Crippen LogP contribution in [0.25, 0.3) is 0 Å². The first-order chi connectivity index (χ1) is 9.79. The SMILES string of the molecule is CC(=O)c1ccc(O)c(CN(C)CC(=O)NCC(C)C)c1. The Morgan fingerprint density at radius 3 is 2.57 bits per heavy atom. The average molecular weight is 292 g/mol. The number of nitrogens with zero attached hydrogens (tertiary/aromatic N) is 1. The number of Topliss-reactive ketones (excluding diaryl/α,β-unsaturated/α-hetero) is 1. The summed E-state index contributed by atoms with van der Waals surface area (Å²) in [5.74, 6) is 0.451. The van der Waals surface area contributed by atoms with Crippen LogP contribution in [0.4, 0.5) is 0 Å². The maximum absolute atomic E-state index is 11.7. The van der Waals surface area contributed by atoms with Crippen LogP contribution in [0.5, 0.6) is 5.75 Å². The van der Waals surface area contributed by atoms with Gasteiger partial charge in [-0.05, 0) is 38.1 Å². The highest BCUT2D eigenvalue weighted by molar-refractivity contribution is 5.94. The van der Waals surface area contributed by atoms with Crippen molar-refractivity contribution < 1.29 is 14.7 Å². The summed E-state index contributed by atoms with van der Waals surface area (Å²) in [6.07, 6.45) is 0. The molecule has 116 valence electrons. The van der Waals surface area contributed by atoms with Gasteiger partial charge in [0.25, 0.3) is 0 Å². The second-order valence-electron chi connectivity index (χ2n) is 5.77. The molecule has 0 atom stereocenters. The number of carbonyl (C=O) groups excluding carboxylic acids is 2. The number of phenolic OH excluding ortho intramolecular Hbond substituents is 1. The summed E-state index contributed by atoms with van der Waals surface area (Å²) in [7, 11) is 1.80. The second-order valence-corrected chi connectivity index (χ2v) is 5.77. The molecule has 0 aliphatic heterocycles. The summed E-state index contributed by atoms with van der Waals surface area (Å²) in [5, 5.41) is 12.7. The molecular weight excluding hydrogens is 268 g/mol. The van der Waals surface area contributed by atoms with E-state index in [-0.39, 0.29) is 24.0 Å². The van der Waals surface area contributed by atoms with Gasteiger partial charge in [0.2, 0.25) is 5.91 Å². The smallest absolute Gasteiger partial charge is 0.234 e. The Kier molecular flexibility index (Phi) is 6.37. The highest BCUT2D eigenvalue weighted by Crippen LogP contribution is 2.20. The number of ketones is 1. The molecule has 0 aromatic heterocycles. The minimum atomic E-state index is -0.0478. The molecule has 0 saturated heterocycles. The fourth-order valence-corrected chi connectivity index (χ4v) is 1.90. The maximum atomic E-state index is 11.7. The van der Waals surface area contributed by atoms with Crippen molar-refractivity contribution in [1.82, 2.24) is 10.2 Å². The van der Waals surface area contributed by atoms with Crippen molar-refractivity contribution in [2.45, 2.75) is 27.3 Å². The van der Waals surface area contributed by atoms with Gasteiger partial charge in [-0.2, -0.15) is 0 Å². The Labute approximate surface area is 126 Å². The van der Waals surface area contributed by atoms with Crippen LogP contribution in [0.1, 0.15) is 36.7 Å². The molecule has 0 aliphatic rings. The molecule has 1 rings (SSSR count). The average Bonchev–Trinajstić information content (AvgIpc) is 2.38. The number of hydrogen-bond donors (Lipinski definition) is 2. The normalized spacial score (nSPS) is 11.0. The predicted octanol–water partition coefficient (Wildman–Crippen LogP) is 1.80. The standard InChI is InChI=1S/C16H24N2O3/c1-11(2)8-17-16(21)10-18(4)9-14-7-13(12(3)19)5-6-15(14)20/h5-7,11,20H,8-10H2,1-4H3,(H,17,21). The lowest BCUT2D eigenvalue weighted by molar-refractivity contribution is -0.122. The number of likely N-dealkylation sites (N-methyl/N-ethyl adjacent to an activating group) is 1. The first-order valence-electron chi connectivity index (χ1n) is 7.07. The molecule has 1 aromatic carbocycles. The first-order valence-corrected chi connectivity index (χ1v) is 7.07. The third kappa shape index (κ3) is 5.95. The van der Waals surface area contributed by atoms with Crippen LogP contribution in [0.2, 0.25) is 0 Å². The summed E-state index contributed by atoms with van der Waals surface area (Å²) in [6.45, 7) is 6.86. The quantitative estimate of drug-likeness (QED) is 0.752. The zero-order valence-electron chi connectivity index (χ0n) is 13.1. The Balaban J connectivity index is 2.62. The lowest BCUT2D eigenvalue weighted by atomic mass is 10.1. The minimum absolute atomic E-state index is 0.0476. The number of aromatic hydroxyl groups is 1. The third-order valence-electron chi connectivity index (χ3n) is 3.05. The predicted molar refractivity (Wildman–Crippen MR) is 82.3 cm³/mol. The van der Waals surface area contributed by atoms with Crippen molar-refractivity contribution in [2.24, 2.45) is 5.92 Å². The number of rotatable bonds is 7. The molecule has 21 heavy (non-hydrogen) atoms. The monoisotopic (exact) mass is 292 g/mol. The van der Waals surface area contributed by atoms with Gasteiger partial charge in [0.1, 0.15) is 5.75 Å². The van der Waals surface area contributed by atoms with Crippen LogP contribution in [0, 0.1) is 5.92 Å². The van der Waals surface area contributed by atoms with Gasteiger partial charge >= 0.3 is 0 Å². The van der Waals surface area contributed by atoms with Gasteiger partial charge < -0.3 is 10.4 Å². The van der Waals surface area contributed by atoms with Crippen molar-refractivity contribution >= 4 is 11.7 Å². The van der Waals surface area contributed by atoms with Crippen LogP contribution in [-0.2, 0) is 11.3 Å². The van der Waals surface area contributed by atoms with Crippen molar-refractivity contribution in [2.75, 3.05) is 20.1 Å². The van der Waals surface area contributed by atoms with Gasteiger partial charge in [0.15, 0.2) is 5.78 Å². The van der Waals surface area contributed by atoms with E-state index in [0.717, 1.165) is 0 Å². The van der Waals surface area contributed by atoms with Gasteiger partial charge in [-0.1, -0.05) is 13.8 Å². The molecule has 1 amide bonds. The Morgan fingerprint density at radius 2 is 2.00 bits per heavy atom. The molecule has 0 bridgehead atoms. The van der Waals surface area contributed by atoms with E-state index >= 15 is 0 Å². The lowest BCUT2D eigenvalue weighted by Crippen LogP contribution is -2.36. The Hall–Kier alpha value is -1.88. The summed E-state index contributed by atoms with van der Waals surface area (Å²) in [6, 6.07) is 4.77. The summed E-state index contributed by atoms with van der Waals surface area (Å²) < 4.78 is 0. The molecule has 1 aromatic rings. The number of phenols is 1. The highest BCUT2D eigenvalue weighted by atomic mass is 16.3. The van der Waals surface area contributed by atoms with Gasteiger partial charge in [0, 0.05) is 24.2 Å².